The molecule has 0 amide bonds. The Hall–Kier alpha value is 0.140. The van der Waals surface area contributed by atoms with Crippen LogP contribution in [0.3, 0.4) is 0 Å². The van der Waals surface area contributed by atoms with Crippen LogP contribution in [0.2, 0.25) is 0 Å². The molecule has 77 valence electrons. The van der Waals surface area contributed by atoms with Crippen molar-refractivity contribution in [3.05, 3.63) is 27.2 Å². The lowest BCUT2D eigenvalue weighted by molar-refractivity contribution is 0.299. The number of rotatable bonds is 1. The SMILES string of the molecule is [CH2]CN1CCc2sc(Br)cc2C(C)C1. The van der Waals surface area contributed by atoms with E-state index < -0.39 is 0 Å². The summed E-state index contributed by atoms with van der Waals surface area (Å²) in [6, 6.07) is 2.29. The summed E-state index contributed by atoms with van der Waals surface area (Å²) in [5, 5.41) is 0. The summed E-state index contributed by atoms with van der Waals surface area (Å²) in [4.78, 5) is 3.99. The fourth-order valence-corrected chi connectivity index (χ4v) is 3.89. The van der Waals surface area contributed by atoms with Crippen molar-refractivity contribution < 1.29 is 0 Å². The van der Waals surface area contributed by atoms with Crippen LogP contribution in [0.15, 0.2) is 9.85 Å². The van der Waals surface area contributed by atoms with Gasteiger partial charge in [-0.1, -0.05) is 6.92 Å². The summed E-state index contributed by atoms with van der Waals surface area (Å²) >= 11 is 5.46. The van der Waals surface area contributed by atoms with Crippen molar-refractivity contribution in [3.8, 4) is 0 Å². The zero-order valence-corrected chi connectivity index (χ0v) is 10.8. The van der Waals surface area contributed by atoms with Gasteiger partial charge in [0.2, 0.25) is 0 Å². The first-order chi connectivity index (χ1) is 6.70. The molecule has 0 spiro atoms. The van der Waals surface area contributed by atoms with Crippen molar-refractivity contribution in [1.82, 2.24) is 4.90 Å². The Morgan fingerprint density at radius 1 is 1.71 bits per heavy atom. The van der Waals surface area contributed by atoms with Crippen LogP contribution in [0.4, 0.5) is 0 Å². The predicted octanol–water partition coefficient (Wildman–Crippen LogP) is 3.31. The summed E-state index contributed by atoms with van der Waals surface area (Å²) in [7, 11) is 0. The van der Waals surface area contributed by atoms with Crippen LogP contribution < -0.4 is 0 Å². The third-order valence-corrected chi connectivity index (χ3v) is 4.56. The molecule has 0 fully saturated rings. The first-order valence-corrected chi connectivity index (χ1v) is 6.61. The molecule has 1 aromatic rings. The minimum absolute atomic E-state index is 0.650. The molecule has 0 N–H and O–H groups in total. The monoisotopic (exact) mass is 272 g/mol. The van der Waals surface area contributed by atoms with Crippen LogP contribution in [0, 0.1) is 6.92 Å². The third kappa shape index (κ3) is 2.05. The zero-order valence-electron chi connectivity index (χ0n) is 8.42. The first-order valence-electron chi connectivity index (χ1n) is 5.00. The minimum Gasteiger partial charge on any atom is -0.302 e. The van der Waals surface area contributed by atoms with Gasteiger partial charge in [-0.25, -0.2) is 0 Å². The molecule has 1 atom stereocenters. The van der Waals surface area contributed by atoms with Crippen molar-refractivity contribution >= 4 is 27.3 Å². The summed E-state index contributed by atoms with van der Waals surface area (Å²) in [5.41, 5.74) is 1.54. The molecule has 14 heavy (non-hydrogen) atoms. The lowest BCUT2D eigenvalue weighted by atomic mass is 10.0. The maximum Gasteiger partial charge on any atom is 0.0704 e. The van der Waals surface area contributed by atoms with Crippen molar-refractivity contribution in [3.63, 3.8) is 0 Å². The molecule has 0 aliphatic carbocycles. The van der Waals surface area contributed by atoms with E-state index in [-0.39, 0.29) is 0 Å². The number of hydrogen-bond acceptors (Lipinski definition) is 2. The van der Waals surface area contributed by atoms with Crippen LogP contribution in [-0.2, 0) is 6.42 Å². The van der Waals surface area contributed by atoms with Crippen LogP contribution in [0.1, 0.15) is 23.3 Å². The molecule has 0 bridgehead atoms. The van der Waals surface area contributed by atoms with E-state index in [0.717, 1.165) is 19.6 Å². The van der Waals surface area contributed by atoms with E-state index in [1.807, 2.05) is 11.3 Å². The van der Waals surface area contributed by atoms with Crippen molar-refractivity contribution in [2.45, 2.75) is 19.3 Å². The maximum atomic E-state index is 3.97. The van der Waals surface area contributed by atoms with E-state index in [1.165, 1.54) is 15.8 Å². The van der Waals surface area contributed by atoms with E-state index >= 15 is 0 Å². The third-order valence-electron chi connectivity index (χ3n) is 2.85. The van der Waals surface area contributed by atoms with Crippen LogP contribution in [0.5, 0.6) is 0 Å². The van der Waals surface area contributed by atoms with Gasteiger partial charge in [0, 0.05) is 18.0 Å². The predicted molar refractivity (Wildman–Crippen MR) is 65.9 cm³/mol. The lowest BCUT2D eigenvalue weighted by Crippen LogP contribution is -2.27. The van der Waals surface area contributed by atoms with E-state index in [4.69, 9.17) is 0 Å². The van der Waals surface area contributed by atoms with Crippen LogP contribution >= 0.6 is 27.3 Å². The van der Waals surface area contributed by atoms with Gasteiger partial charge in [-0.3, -0.25) is 0 Å². The van der Waals surface area contributed by atoms with Gasteiger partial charge in [0.05, 0.1) is 3.79 Å². The highest BCUT2D eigenvalue weighted by Gasteiger charge is 2.20. The molecule has 1 nitrogen and oxygen atoms in total. The van der Waals surface area contributed by atoms with Crippen LogP contribution in [0.25, 0.3) is 0 Å². The Kier molecular flexibility index (Phi) is 3.30. The molecule has 3 heteroatoms. The average Bonchev–Trinajstić information content (AvgIpc) is 2.47. The Morgan fingerprint density at radius 2 is 2.50 bits per heavy atom. The number of fused-ring (bicyclic) bond motifs is 1. The fourth-order valence-electron chi connectivity index (χ4n) is 2.06. The van der Waals surface area contributed by atoms with Gasteiger partial charge in [0.15, 0.2) is 0 Å². The van der Waals surface area contributed by atoms with E-state index in [1.54, 1.807) is 4.88 Å². The zero-order chi connectivity index (χ0) is 10.1. The molecule has 1 radical (unpaired) electrons. The van der Waals surface area contributed by atoms with Crippen molar-refractivity contribution in [1.29, 1.82) is 0 Å². The number of nitrogens with zero attached hydrogens (tertiary/aromatic N) is 1. The molecule has 1 aliphatic heterocycles. The lowest BCUT2D eigenvalue weighted by Gasteiger charge is -2.20. The van der Waals surface area contributed by atoms with Crippen molar-refractivity contribution in [2.75, 3.05) is 19.6 Å². The van der Waals surface area contributed by atoms with Gasteiger partial charge in [0.25, 0.3) is 0 Å². The minimum atomic E-state index is 0.650. The van der Waals surface area contributed by atoms with E-state index in [0.29, 0.717) is 5.92 Å². The molecule has 2 heterocycles. The summed E-state index contributed by atoms with van der Waals surface area (Å²) in [5.74, 6) is 0.650. The standard InChI is InChI=1S/C11H15BrNS/c1-3-13-5-4-10-9(8(2)7-13)6-11(12)14-10/h6,8H,1,3-5,7H2,2H3. The molecule has 0 saturated carbocycles. The molecule has 2 rings (SSSR count). The number of halogens is 1. The molecule has 0 aromatic carbocycles. The molecule has 0 saturated heterocycles. The largest absolute Gasteiger partial charge is 0.302 e. The Labute approximate surface area is 98.2 Å². The number of thiophene rings is 1. The van der Waals surface area contributed by atoms with Gasteiger partial charge in [-0.2, -0.15) is 0 Å². The van der Waals surface area contributed by atoms with Crippen molar-refractivity contribution in [2.24, 2.45) is 0 Å². The van der Waals surface area contributed by atoms with Gasteiger partial charge < -0.3 is 4.90 Å². The van der Waals surface area contributed by atoms with E-state index in [2.05, 4.69) is 40.7 Å². The molecule has 1 aromatic heterocycles. The van der Waals surface area contributed by atoms with Gasteiger partial charge in [0.1, 0.15) is 0 Å². The molecular formula is C11H15BrNS. The second kappa shape index (κ2) is 4.33. The highest BCUT2D eigenvalue weighted by atomic mass is 79.9. The fraction of sp³-hybridized carbons (Fsp3) is 0.545. The van der Waals surface area contributed by atoms with Gasteiger partial charge in [-0.05, 0) is 53.4 Å². The Morgan fingerprint density at radius 3 is 3.21 bits per heavy atom. The highest BCUT2D eigenvalue weighted by molar-refractivity contribution is 9.11. The van der Waals surface area contributed by atoms with Gasteiger partial charge >= 0.3 is 0 Å². The molecular weight excluding hydrogens is 258 g/mol. The second-order valence-electron chi connectivity index (χ2n) is 3.88. The normalized spacial score (nSPS) is 23.2. The van der Waals surface area contributed by atoms with Crippen LogP contribution in [-0.4, -0.2) is 24.5 Å². The summed E-state index contributed by atoms with van der Waals surface area (Å²) in [6.07, 6.45) is 1.19. The smallest absolute Gasteiger partial charge is 0.0704 e. The average molecular weight is 273 g/mol. The summed E-state index contributed by atoms with van der Waals surface area (Å²) < 4.78 is 1.28. The van der Waals surface area contributed by atoms with E-state index in [9.17, 15) is 0 Å². The highest BCUT2D eigenvalue weighted by Crippen LogP contribution is 2.34. The Bertz CT molecular complexity index is 321. The molecule has 1 unspecified atom stereocenters. The maximum absolute atomic E-state index is 3.97. The Balaban J connectivity index is 2.24. The topological polar surface area (TPSA) is 3.24 Å². The second-order valence-corrected chi connectivity index (χ2v) is 6.40. The summed E-state index contributed by atoms with van der Waals surface area (Å²) in [6.45, 7) is 9.53. The van der Waals surface area contributed by atoms with Gasteiger partial charge in [-0.15, -0.1) is 11.3 Å². The first kappa shape index (κ1) is 10.7. The quantitative estimate of drug-likeness (QED) is 0.758. The molecule has 1 aliphatic rings. The number of hydrogen-bond donors (Lipinski definition) is 0.